The van der Waals surface area contributed by atoms with Gasteiger partial charge in [-0.3, -0.25) is 0 Å². The first-order valence-corrected chi connectivity index (χ1v) is 10.1. The number of H-pyrrole nitrogens is 1. The number of ketones is 1. The Balaban J connectivity index is 1.85. The topological polar surface area (TPSA) is 95.0 Å². The number of nitrogens with one attached hydrogen (secondary N) is 1. The predicted octanol–water partition coefficient (Wildman–Crippen LogP) is 3.27. The SMILES string of the molecule is [B]=NOC1OC(C)C(C)(C(=O)c2nccc3c2[nH]c2ccc(C)cc23)C(OC)C1OC. The van der Waals surface area contributed by atoms with E-state index in [-0.39, 0.29) is 5.78 Å². The van der Waals surface area contributed by atoms with Gasteiger partial charge in [-0.2, -0.15) is 0 Å². The van der Waals surface area contributed by atoms with Gasteiger partial charge in [-0.15, -0.1) is 0 Å². The number of aryl methyl sites for hydroxylation is 1. The second kappa shape index (κ2) is 8.14. The van der Waals surface area contributed by atoms with Gasteiger partial charge in [0.15, 0.2) is 0 Å². The number of pyridine rings is 1. The van der Waals surface area contributed by atoms with Crippen molar-refractivity contribution in [1.82, 2.24) is 9.97 Å². The third-order valence-electron chi connectivity index (χ3n) is 6.41. The fourth-order valence-electron chi connectivity index (χ4n) is 4.57. The summed E-state index contributed by atoms with van der Waals surface area (Å²) < 4.78 is 17.3. The van der Waals surface area contributed by atoms with Crippen LogP contribution in [-0.4, -0.2) is 62.2 Å². The van der Waals surface area contributed by atoms with Gasteiger partial charge >= 0.3 is 162 Å². The molecule has 5 unspecified atom stereocenters. The van der Waals surface area contributed by atoms with E-state index in [1.165, 1.54) is 14.2 Å². The molecule has 1 fully saturated rings. The standard InChI is InChI=1S/C22H25BN3O5/c1-11-6-7-15-14(10-11)13-8-9-24-17(16(13)25-15)19(27)22(3)12(2)30-21(31-26-23)18(28-4)20(22)29-5/h6-10,12,18,20-21,25H,1-5H3. The second-order valence-corrected chi connectivity index (χ2v) is 8.08. The summed E-state index contributed by atoms with van der Waals surface area (Å²) in [7, 11) is 8.20. The minimum atomic E-state index is -1.11. The molecule has 9 heteroatoms. The zero-order valence-electron chi connectivity index (χ0n) is 18.2. The van der Waals surface area contributed by atoms with Gasteiger partial charge in [0.05, 0.1) is 0 Å². The monoisotopic (exact) mass is 422 g/mol. The Morgan fingerprint density at radius 1 is 1.26 bits per heavy atom. The number of aromatic amines is 1. The molecular formula is C22H25BN3O5. The summed E-state index contributed by atoms with van der Waals surface area (Å²) in [5.74, 6) is -0.217. The summed E-state index contributed by atoms with van der Waals surface area (Å²) in [6.45, 7) is 5.62. The number of nitrogens with zero attached hydrogens (tertiary/aromatic N) is 2. The number of Topliss-reactive ketones (excluding diaryl/α,β-unsaturated/α-hetero) is 1. The molecule has 8 nitrogen and oxygen atoms in total. The molecule has 3 heterocycles. The molecule has 4 rings (SSSR count). The third-order valence-corrected chi connectivity index (χ3v) is 6.41. The first-order valence-electron chi connectivity index (χ1n) is 10.1. The van der Waals surface area contributed by atoms with Crippen LogP contribution in [0.15, 0.2) is 35.5 Å². The van der Waals surface area contributed by atoms with Crippen LogP contribution < -0.4 is 0 Å². The Morgan fingerprint density at radius 3 is 2.71 bits per heavy atom. The molecule has 1 aromatic carbocycles. The molecule has 1 N–H and O–H groups in total. The number of hydrogen-bond acceptors (Lipinski definition) is 7. The maximum atomic E-state index is 14.0. The molecule has 1 radical (unpaired) electrons. The fraction of sp³-hybridized carbons (Fsp3) is 0.455. The van der Waals surface area contributed by atoms with E-state index in [9.17, 15) is 4.79 Å². The molecule has 0 bridgehead atoms. The van der Waals surface area contributed by atoms with Crippen molar-refractivity contribution in [2.45, 2.75) is 45.4 Å². The van der Waals surface area contributed by atoms with Gasteiger partial charge in [0.1, 0.15) is 0 Å². The number of ether oxygens (including phenoxy) is 3. The number of benzene rings is 1. The van der Waals surface area contributed by atoms with Gasteiger partial charge in [0.2, 0.25) is 0 Å². The van der Waals surface area contributed by atoms with E-state index in [0.717, 1.165) is 21.9 Å². The Bertz CT molecular complexity index is 1150. The molecule has 5 atom stereocenters. The van der Waals surface area contributed by atoms with Crippen molar-refractivity contribution in [2.75, 3.05) is 14.2 Å². The molecule has 2 aromatic heterocycles. The normalized spacial score (nSPS) is 28.6. The summed E-state index contributed by atoms with van der Waals surface area (Å²) in [4.78, 5) is 26.9. The van der Waals surface area contributed by atoms with Gasteiger partial charge in [-0.05, 0) is 6.92 Å². The zero-order valence-corrected chi connectivity index (χ0v) is 18.2. The first kappa shape index (κ1) is 21.6. The average molecular weight is 422 g/mol. The van der Waals surface area contributed by atoms with E-state index < -0.39 is 30.0 Å². The third kappa shape index (κ3) is 3.28. The summed E-state index contributed by atoms with van der Waals surface area (Å²) in [5.41, 5.74) is 1.97. The van der Waals surface area contributed by atoms with Crippen LogP contribution in [0.3, 0.4) is 0 Å². The fourth-order valence-corrected chi connectivity index (χ4v) is 4.57. The van der Waals surface area contributed by atoms with Crippen LogP contribution >= 0.6 is 0 Å². The first-order chi connectivity index (χ1) is 14.9. The van der Waals surface area contributed by atoms with E-state index in [1.807, 2.05) is 25.1 Å². The number of aromatic nitrogens is 2. The van der Waals surface area contributed by atoms with Gasteiger partial charge in [0, 0.05) is 0 Å². The summed E-state index contributed by atoms with van der Waals surface area (Å²) in [5, 5.41) is 5.20. The van der Waals surface area contributed by atoms with E-state index in [1.54, 1.807) is 20.0 Å². The molecule has 0 aliphatic carbocycles. The number of hydrogen-bond donors (Lipinski definition) is 1. The van der Waals surface area contributed by atoms with Crippen molar-refractivity contribution in [3.63, 3.8) is 0 Å². The van der Waals surface area contributed by atoms with Crippen LogP contribution in [-0.2, 0) is 19.0 Å². The second-order valence-electron chi connectivity index (χ2n) is 8.08. The molecule has 161 valence electrons. The van der Waals surface area contributed by atoms with Crippen LogP contribution in [0.5, 0.6) is 0 Å². The molecule has 1 aliphatic rings. The summed E-state index contributed by atoms with van der Waals surface area (Å²) in [6.07, 6.45) is -1.27. The maximum absolute atomic E-state index is 14.0. The molecule has 1 saturated heterocycles. The molecule has 0 saturated carbocycles. The van der Waals surface area contributed by atoms with Gasteiger partial charge in [-0.1, -0.05) is 11.6 Å². The number of carbonyl (C=O) groups excluding carboxylic acids is 1. The van der Waals surface area contributed by atoms with E-state index in [2.05, 4.69) is 21.1 Å². The van der Waals surface area contributed by atoms with Gasteiger partial charge in [0.25, 0.3) is 0 Å². The number of methoxy groups -OCH3 is 2. The molecule has 1 aliphatic heterocycles. The summed E-state index contributed by atoms with van der Waals surface area (Å²) >= 11 is 0. The quantitative estimate of drug-likeness (QED) is 0.372. The van der Waals surface area contributed by atoms with Crippen LogP contribution in [0.2, 0.25) is 0 Å². The van der Waals surface area contributed by atoms with Crippen molar-refractivity contribution in [3.05, 3.63) is 41.7 Å². The molecule has 31 heavy (non-hydrogen) atoms. The Labute approximate surface area is 181 Å². The van der Waals surface area contributed by atoms with Crippen molar-refractivity contribution in [3.8, 4) is 0 Å². The number of rotatable bonds is 6. The number of fused-ring (bicyclic) bond motifs is 3. The predicted molar refractivity (Wildman–Crippen MR) is 116 cm³/mol. The van der Waals surface area contributed by atoms with E-state index in [0.29, 0.717) is 11.2 Å². The molecule has 0 amide bonds. The van der Waals surface area contributed by atoms with E-state index in [4.69, 9.17) is 26.7 Å². The van der Waals surface area contributed by atoms with Crippen molar-refractivity contribution < 1.29 is 23.8 Å². The Morgan fingerprint density at radius 2 is 2.03 bits per heavy atom. The minimum absolute atomic E-state index is 0.217. The average Bonchev–Trinajstić information content (AvgIpc) is 3.13. The van der Waals surface area contributed by atoms with Crippen molar-refractivity contribution in [2.24, 2.45) is 10.5 Å². The van der Waals surface area contributed by atoms with Crippen LogP contribution in [0, 0.1) is 12.3 Å². The molecule has 0 spiro atoms. The van der Waals surface area contributed by atoms with E-state index >= 15 is 0 Å². The van der Waals surface area contributed by atoms with Crippen molar-refractivity contribution in [1.29, 1.82) is 0 Å². The summed E-state index contributed by atoms with van der Waals surface area (Å²) in [6, 6.07) is 8.03. The molecule has 3 aromatic rings. The Kier molecular flexibility index (Phi) is 5.68. The van der Waals surface area contributed by atoms with Gasteiger partial charge in [-0.25, -0.2) is 0 Å². The zero-order chi connectivity index (χ0) is 22.3. The van der Waals surface area contributed by atoms with Gasteiger partial charge < -0.3 is 0 Å². The van der Waals surface area contributed by atoms with Crippen LogP contribution in [0.1, 0.15) is 29.9 Å². The molecular weight excluding hydrogens is 397 g/mol. The van der Waals surface area contributed by atoms with Crippen molar-refractivity contribution >= 4 is 35.2 Å². The number of carbonyl (C=O) groups is 1. The Hall–Kier alpha value is -2.62. The van der Waals surface area contributed by atoms with Crippen LogP contribution in [0.25, 0.3) is 21.8 Å². The van der Waals surface area contributed by atoms with Crippen LogP contribution in [0.4, 0.5) is 0 Å².